The molecule has 21 heavy (non-hydrogen) atoms. The van der Waals surface area contributed by atoms with Gasteiger partial charge in [0.15, 0.2) is 5.11 Å². The average Bonchev–Trinajstić information content (AvgIpc) is 2.47. The number of likely N-dealkylation sites (N-methyl/N-ethyl adjacent to an activating group) is 1. The monoisotopic (exact) mass is 339 g/mol. The molecule has 0 atom stereocenters. The number of anilines is 1. The molecule has 0 fully saturated rings. The fraction of sp³-hybridized carbons (Fsp3) is 0.200. The van der Waals surface area contributed by atoms with E-state index in [1.54, 1.807) is 6.20 Å². The Morgan fingerprint density at radius 2 is 1.90 bits per heavy atom. The Labute approximate surface area is 139 Å². The lowest BCUT2D eigenvalue weighted by Gasteiger charge is -2.21. The minimum absolute atomic E-state index is 0.608. The number of benzene rings is 1. The summed E-state index contributed by atoms with van der Waals surface area (Å²) in [7, 11) is 1.92. The Morgan fingerprint density at radius 3 is 2.52 bits per heavy atom. The zero-order valence-electron chi connectivity index (χ0n) is 11.5. The molecule has 1 aromatic heterocycles. The number of halogens is 2. The van der Waals surface area contributed by atoms with E-state index < -0.39 is 0 Å². The summed E-state index contributed by atoms with van der Waals surface area (Å²) in [5, 5.41) is 5.06. The van der Waals surface area contributed by atoms with Crippen molar-refractivity contribution in [2.75, 3.05) is 18.9 Å². The molecule has 0 spiro atoms. The molecule has 1 aromatic carbocycles. The number of nitrogens with zero attached hydrogens (tertiary/aromatic N) is 2. The highest BCUT2D eigenvalue weighted by Crippen LogP contribution is 2.24. The normalized spacial score (nSPS) is 10.2. The second kappa shape index (κ2) is 7.59. The van der Waals surface area contributed by atoms with Gasteiger partial charge in [0, 0.05) is 29.8 Å². The Morgan fingerprint density at radius 1 is 1.19 bits per heavy atom. The number of pyridine rings is 1. The molecule has 0 aliphatic heterocycles. The molecule has 3 nitrogen and oxygen atoms in total. The number of hydrogen-bond donors (Lipinski definition) is 1. The van der Waals surface area contributed by atoms with Gasteiger partial charge in [-0.1, -0.05) is 35.3 Å². The summed E-state index contributed by atoms with van der Waals surface area (Å²) >= 11 is 17.7. The molecule has 0 amide bonds. The van der Waals surface area contributed by atoms with E-state index in [1.807, 2.05) is 48.3 Å². The summed E-state index contributed by atoms with van der Waals surface area (Å²) in [6, 6.07) is 11.1. The lowest BCUT2D eigenvalue weighted by molar-refractivity contribution is 0.516. The number of rotatable bonds is 4. The van der Waals surface area contributed by atoms with E-state index in [1.165, 1.54) is 0 Å². The molecule has 0 saturated carbocycles. The van der Waals surface area contributed by atoms with E-state index >= 15 is 0 Å². The van der Waals surface area contributed by atoms with Crippen molar-refractivity contribution in [1.82, 2.24) is 9.88 Å². The SMILES string of the molecule is CN(CCc1c(Cl)cccc1Cl)C(=S)Nc1ccccn1. The van der Waals surface area contributed by atoms with Crippen LogP contribution < -0.4 is 5.32 Å². The van der Waals surface area contributed by atoms with Crippen molar-refractivity contribution in [3.63, 3.8) is 0 Å². The molecule has 2 aromatic rings. The predicted molar refractivity (Wildman–Crippen MR) is 93.3 cm³/mol. The Hall–Kier alpha value is -1.36. The van der Waals surface area contributed by atoms with Crippen LogP contribution >= 0.6 is 35.4 Å². The van der Waals surface area contributed by atoms with Crippen LogP contribution in [0.1, 0.15) is 5.56 Å². The van der Waals surface area contributed by atoms with Crippen molar-refractivity contribution in [2.45, 2.75) is 6.42 Å². The topological polar surface area (TPSA) is 28.2 Å². The number of thiocarbonyl (C=S) groups is 1. The first-order chi connectivity index (χ1) is 10.1. The molecule has 110 valence electrons. The summed E-state index contributed by atoms with van der Waals surface area (Å²) in [5.74, 6) is 0.727. The van der Waals surface area contributed by atoms with E-state index in [9.17, 15) is 0 Å². The van der Waals surface area contributed by atoms with Crippen LogP contribution in [-0.4, -0.2) is 28.6 Å². The Balaban J connectivity index is 1.92. The predicted octanol–water partition coefficient (Wildman–Crippen LogP) is 4.26. The first kappa shape index (κ1) is 16.0. The molecule has 1 N–H and O–H groups in total. The number of nitrogens with one attached hydrogen (secondary N) is 1. The molecular weight excluding hydrogens is 325 g/mol. The van der Waals surface area contributed by atoms with Crippen molar-refractivity contribution in [1.29, 1.82) is 0 Å². The maximum Gasteiger partial charge on any atom is 0.174 e. The highest BCUT2D eigenvalue weighted by atomic mass is 35.5. The number of hydrogen-bond acceptors (Lipinski definition) is 2. The van der Waals surface area contributed by atoms with Crippen LogP contribution in [0.15, 0.2) is 42.6 Å². The third-order valence-electron chi connectivity index (χ3n) is 3.01. The van der Waals surface area contributed by atoms with Gasteiger partial charge in [0.05, 0.1) is 0 Å². The molecular formula is C15H15Cl2N3S. The van der Waals surface area contributed by atoms with Gasteiger partial charge in [0.25, 0.3) is 0 Å². The summed E-state index contributed by atoms with van der Waals surface area (Å²) in [4.78, 5) is 6.11. The summed E-state index contributed by atoms with van der Waals surface area (Å²) < 4.78 is 0. The maximum atomic E-state index is 6.16. The quantitative estimate of drug-likeness (QED) is 0.842. The van der Waals surface area contributed by atoms with E-state index in [2.05, 4.69) is 10.3 Å². The van der Waals surface area contributed by atoms with Crippen LogP contribution in [0.4, 0.5) is 5.82 Å². The third-order valence-corrected chi connectivity index (χ3v) is 4.13. The Bertz CT molecular complexity index is 599. The highest BCUT2D eigenvalue weighted by Gasteiger charge is 2.09. The van der Waals surface area contributed by atoms with Crippen LogP contribution in [0.25, 0.3) is 0 Å². The molecule has 0 aliphatic rings. The van der Waals surface area contributed by atoms with Crippen molar-refractivity contribution >= 4 is 46.4 Å². The molecule has 0 saturated heterocycles. The van der Waals surface area contributed by atoms with Crippen LogP contribution in [0.2, 0.25) is 10.0 Å². The summed E-state index contributed by atoms with van der Waals surface area (Å²) in [5.41, 5.74) is 0.938. The van der Waals surface area contributed by atoms with Crippen LogP contribution in [0.3, 0.4) is 0 Å². The summed E-state index contributed by atoms with van der Waals surface area (Å²) in [6.45, 7) is 0.710. The van der Waals surface area contributed by atoms with E-state index in [4.69, 9.17) is 35.4 Å². The minimum Gasteiger partial charge on any atom is -0.352 e. The van der Waals surface area contributed by atoms with Gasteiger partial charge < -0.3 is 10.2 Å². The van der Waals surface area contributed by atoms with Crippen LogP contribution in [0, 0.1) is 0 Å². The zero-order chi connectivity index (χ0) is 15.2. The van der Waals surface area contributed by atoms with Gasteiger partial charge >= 0.3 is 0 Å². The van der Waals surface area contributed by atoms with Gasteiger partial charge in [0.2, 0.25) is 0 Å². The second-order valence-corrected chi connectivity index (χ2v) is 5.72. The molecule has 0 aliphatic carbocycles. The van der Waals surface area contributed by atoms with Gasteiger partial charge in [-0.3, -0.25) is 0 Å². The standard InChI is InChI=1S/C15H15Cl2N3S/c1-20(15(21)19-14-7-2-3-9-18-14)10-8-11-12(16)5-4-6-13(11)17/h2-7,9H,8,10H2,1H3,(H,18,19,21). The van der Waals surface area contributed by atoms with E-state index in [0.717, 1.165) is 17.8 Å². The first-order valence-corrected chi connectivity index (χ1v) is 7.60. The first-order valence-electron chi connectivity index (χ1n) is 6.44. The Kier molecular flexibility index (Phi) is 5.79. The second-order valence-electron chi connectivity index (χ2n) is 4.52. The van der Waals surface area contributed by atoms with Crippen molar-refractivity contribution in [3.8, 4) is 0 Å². The van der Waals surface area contributed by atoms with Gasteiger partial charge in [-0.15, -0.1) is 0 Å². The minimum atomic E-state index is 0.608. The van der Waals surface area contributed by atoms with E-state index in [0.29, 0.717) is 21.7 Å². The fourth-order valence-corrected chi connectivity index (χ4v) is 2.58. The van der Waals surface area contributed by atoms with Crippen molar-refractivity contribution in [2.24, 2.45) is 0 Å². The molecule has 6 heteroatoms. The van der Waals surface area contributed by atoms with Crippen LogP contribution in [0.5, 0.6) is 0 Å². The summed E-state index contributed by atoms with van der Waals surface area (Å²) in [6.07, 6.45) is 2.44. The number of aromatic nitrogens is 1. The largest absolute Gasteiger partial charge is 0.352 e. The highest BCUT2D eigenvalue weighted by molar-refractivity contribution is 7.80. The fourth-order valence-electron chi connectivity index (χ4n) is 1.79. The van der Waals surface area contributed by atoms with Crippen molar-refractivity contribution < 1.29 is 0 Å². The lowest BCUT2D eigenvalue weighted by Crippen LogP contribution is -2.33. The smallest absolute Gasteiger partial charge is 0.174 e. The molecule has 2 rings (SSSR count). The van der Waals surface area contributed by atoms with E-state index in [-0.39, 0.29) is 0 Å². The third kappa shape index (κ3) is 4.56. The molecule has 0 bridgehead atoms. The van der Waals surface area contributed by atoms with Gasteiger partial charge in [0.1, 0.15) is 5.82 Å². The molecule has 0 radical (unpaired) electrons. The maximum absolute atomic E-state index is 6.16. The average molecular weight is 340 g/mol. The van der Waals surface area contributed by atoms with Gasteiger partial charge in [-0.05, 0) is 48.5 Å². The van der Waals surface area contributed by atoms with Crippen LogP contribution in [-0.2, 0) is 6.42 Å². The van der Waals surface area contributed by atoms with Crippen molar-refractivity contribution in [3.05, 3.63) is 58.2 Å². The zero-order valence-corrected chi connectivity index (χ0v) is 13.8. The molecule has 1 heterocycles. The van der Waals surface area contributed by atoms with Gasteiger partial charge in [-0.25, -0.2) is 4.98 Å². The molecule has 0 unspecified atom stereocenters. The van der Waals surface area contributed by atoms with Gasteiger partial charge in [-0.2, -0.15) is 0 Å². The lowest BCUT2D eigenvalue weighted by atomic mass is 10.1.